The van der Waals surface area contributed by atoms with Gasteiger partial charge in [-0.2, -0.15) is 0 Å². The summed E-state index contributed by atoms with van der Waals surface area (Å²) in [6.45, 7) is -0.139. The Labute approximate surface area is 153 Å². The van der Waals surface area contributed by atoms with E-state index in [0.717, 1.165) is 18.2 Å². The van der Waals surface area contributed by atoms with Gasteiger partial charge in [0, 0.05) is 21.9 Å². The van der Waals surface area contributed by atoms with Gasteiger partial charge in [-0.15, -0.1) is 0 Å². The van der Waals surface area contributed by atoms with Crippen LogP contribution in [0, 0.1) is 17.7 Å². The summed E-state index contributed by atoms with van der Waals surface area (Å²) >= 11 is 0. The van der Waals surface area contributed by atoms with Gasteiger partial charge in [0.05, 0.1) is 24.2 Å². The molecule has 0 saturated heterocycles. The van der Waals surface area contributed by atoms with E-state index >= 15 is 0 Å². The van der Waals surface area contributed by atoms with Crippen molar-refractivity contribution in [3.8, 4) is 0 Å². The summed E-state index contributed by atoms with van der Waals surface area (Å²) in [7, 11) is 0. The number of halogens is 2. The highest BCUT2D eigenvalue weighted by Gasteiger charge is 2.18. The Bertz CT molecular complexity index is 1200. The van der Waals surface area contributed by atoms with Crippen LogP contribution in [0.25, 0.3) is 21.8 Å². The maximum absolute atomic E-state index is 14.2. The topological polar surface area (TPSA) is 68.2 Å². The number of hydrogen-bond acceptors (Lipinski definition) is 2. The SMILES string of the molecule is NC(=O)c1cccc2c1c1[c]cc(CO)cc1n2Cc1cc(F)ccc1F. The van der Waals surface area contributed by atoms with Crippen molar-refractivity contribution in [2.24, 2.45) is 5.73 Å². The summed E-state index contributed by atoms with van der Waals surface area (Å²) in [6.07, 6.45) is 0. The highest BCUT2D eigenvalue weighted by Crippen LogP contribution is 2.33. The minimum Gasteiger partial charge on any atom is -0.392 e. The van der Waals surface area contributed by atoms with Gasteiger partial charge in [0.25, 0.3) is 0 Å². The summed E-state index contributed by atoms with van der Waals surface area (Å²) in [5, 5.41) is 10.7. The van der Waals surface area contributed by atoms with Gasteiger partial charge in [-0.05, 0) is 54.1 Å². The van der Waals surface area contributed by atoms with E-state index in [-0.39, 0.29) is 18.7 Å². The third-order valence-electron chi connectivity index (χ3n) is 4.64. The normalized spacial score (nSPS) is 11.4. The number of rotatable bonds is 4. The molecule has 135 valence electrons. The van der Waals surface area contributed by atoms with E-state index in [9.17, 15) is 18.7 Å². The number of aliphatic hydroxyl groups excluding tert-OH is 1. The molecule has 0 unspecified atom stereocenters. The molecule has 0 aliphatic heterocycles. The van der Waals surface area contributed by atoms with Gasteiger partial charge >= 0.3 is 0 Å². The van der Waals surface area contributed by atoms with E-state index in [0.29, 0.717) is 32.9 Å². The first-order valence-electron chi connectivity index (χ1n) is 8.29. The zero-order chi connectivity index (χ0) is 19.1. The van der Waals surface area contributed by atoms with Crippen molar-refractivity contribution in [3.63, 3.8) is 0 Å². The first-order valence-corrected chi connectivity index (χ1v) is 8.29. The van der Waals surface area contributed by atoms with Crippen LogP contribution in [0.15, 0.2) is 48.5 Å². The molecule has 3 N–H and O–H groups in total. The third kappa shape index (κ3) is 2.84. The zero-order valence-electron chi connectivity index (χ0n) is 14.2. The molecule has 0 saturated carbocycles. The van der Waals surface area contributed by atoms with Gasteiger partial charge in [0.15, 0.2) is 0 Å². The number of fused-ring (bicyclic) bond motifs is 3. The molecule has 27 heavy (non-hydrogen) atoms. The first kappa shape index (κ1) is 17.2. The lowest BCUT2D eigenvalue weighted by molar-refractivity contribution is 0.100. The van der Waals surface area contributed by atoms with Crippen molar-refractivity contribution in [1.82, 2.24) is 4.57 Å². The number of nitrogens with two attached hydrogens (primary N) is 1. The molecule has 4 rings (SSSR count). The molecule has 4 nitrogen and oxygen atoms in total. The van der Waals surface area contributed by atoms with Crippen LogP contribution in [0.5, 0.6) is 0 Å². The molecular weight excluding hydrogens is 350 g/mol. The van der Waals surface area contributed by atoms with E-state index in [2.05, 4.69) is 6.07 Å². The Morgan fingerprint density at radius 3 is 2.70 bits per heavy atom. The number of primary amides is 1. The summed E-state index contributed by atoms with van der Waals surface area (Å²) < 4.78 is 29.6. The van der Waals surface area contributed by atoms with Crippen LogP contribution in [0.4, 0.5) is 8.78 Å². The lowest BCUT2D eigenvalue weighted by atomic mass is 10.0. The second kappa shape index (κ2) is 6.48. The van der Waals surface area contributed by atoms with E-state index in [1.165, 1.54) is 0 Å². The molecule has 0 aliphatic rings. The number of hydrogen-bond donors (Lipinski definition) is 2. The number of aliphatic hydroxyl groups is 1. The van der Waals surface area contributed by atoms with E-state index in [4.69, 9.17) is 5.73 Å². The van der Waals surface area contributed by atoms with E-state index in [1.54, 1.807) is 34.9 Å². The van der Waals surface area contributed by atoms with Crippen molar-refractivity contribution < 1.29 is 18.7 Å². The molecule has 1 radical (unpaired) electrons. The van der Waals surface area contributed by atoms with Crippen molar-refractivity contribution in [2.75, 3.05) is 0 Å². The number of aromatic nitrogens is 1. The highest BCUT2D eigenvalue weighted by molar-refractivity contribution is 6.17. The third-order valence-corrected chi connectivity index (χ3v) is 4.64. The fraction of sp³-hybridized carbons (Fsp3) is 0.0952. The average molecular weight is 365 g/mol. The Morgan fingerprint density at radius 1 is 1.15 bits per heavy atom. The summed E-state index contributed by atoms with van der Waals surface area (Å²) in [6, 6.07) is 14.8. The molecule has 0 aliphatic carbocycles. The summed E-state index contributed by atoms with van der Waals surface area (Å²) in [4.78, 5) is 11.9. The second-order valence-corrected chi connectivity index (χ2v) is 6.31. The largest absolute Gasteiger partial charge is 0.392 e. The molecular formula is C21H15F2N2O2. The Hall–Kier alpha value is -3.25. The predicted molar refractivity (Wildman–Crippen MR) is 98.2 cm³/mol. The van der Waals surface area contributed by atoms with Crippen LogP contribution in [0.3, 0.4) is 0 Å². The Morgan fingerprint density at radius 2 is 1.96 bits per heavy atom. The smallest absolute Gasteiger partial charge is 0.249 e. The first-order chi connectivity index (χ1) is 13.0. The molecule has 0 bridgehead atoms. The van der Waals surface area contributed by atoms with Crippen LogP contribution >= 0.6 is 0 Å². The lowest BCUT2D eigenvalue weighted by Crippen LogP contribution is -2.11. The summed E-state index contributed by atoms with van der Waals surface area (Å²) in [5.41, 5.74) is 7.93. The van der Waals surface area contributed by atoms with Crippen molar-refractivity contribution in [2.45, 2.75) is 13.2 Å². The maximum atomic E-state index is 14.2. The van der Waals surface area contributed by atoms with Crippen LogP contribution in [0.1, 0.15) is 21.5 Å². The molecule has 0 fully saturated rings. The van der Waals surface area contributed by atoms with E-state index < -0.39 is 17.5 Å². The van der Waals surface area contributed by atoms with Crippen LogP contribution < -0.4 is 5.73 Å². The maximum Gasteiger partial charge on any atom is 0.249 e. The van der Waals surface area contributed by atoms with Gasteiger partial charge in [-0.25, -0.2) is 8.78 Å². The molecule has 0 spiro atoms. The van der Waals surface area contributed by atoms with E-state index in [1.807, 2.05) is 0 Å². The van der Waals surface area contributed by atoms with Crippen LogP contribution in [-0.2, 0) is 13.2 Å². The molecule has 6 heteroatoms. The quantitative estimate of drug-likeness (QED) is 0.581. The van der Waals surface area contributed by atoms with Gasteiger partial charge < -0.3 is 15.4 Å². The standard InChI is InChI=1S/C21H15F2N2O2/c22-14-5-7-17(23)13(9-14)10-25-18-3-1-2-16(21(24)27)20(18)15-6-4-12(11-26)8-19(15)25/h1-5,7-9,26H,10-11H2,(H2,24,27). The van der Waals surface area contributed by atoms with Crippen molar-refractivity contribution in [1.29, 1.82) is 0 Å². The predicted octanol–water partition coefficient (Wildman–Crippen LogP) is 3.51. The summed E-state index contributed by atoms with van der Waals surface area (Å²) in [5.74, 6) is -1.65. The molecule has 4 aromatic rings. The fourth-order valence-corrected chi connectivity index (χ4v) is 3.40. The minimum absolute atomic E-state index is 0.0501. The number of carbonyl (C=O) groups excluding carboxylic acids is 1. The average Bonchev–Trinajstić information content (AvgIpc) is 2.97. The molecule has 1 amide bonds. The van der Waals surface area contributed by atoms with Gasteiger partial charge in [0.1, 0.15) is 11.6 Å². The molecule has 1 aromatic heterocycles. The number of amides is 1. The van der Waals surface area contributed by atoms with Gasteiger partial charge in [0.2, 0.25) is 5.91 Å². The van der Waals surface area contributed by atoms with Gasteiger partial charge in [-0.3, -0.25) is 4.79 Å². The number of nitrogens with zero attached hydrogens (tertiary/aromatic N) is 1. The number of carbonyl (C=O) groups is 1. The Balaban J connectivity index is 2.06. The van der Waals surface area contributed by atoms with Crippen LogP contribution in [-0.4, -0.2) is 15.6 Å². The van der Waals surface area contributed by atoms with Crippen LogP contribution in [0.2, 0.25) is 0 Å². The van der Waals surface area contributed by atoms with Crippen molar-refractivity contribution >= 4 is 27.7 Å². The monoisotopic (exact) mass is 365 g/mol. The highest BCUT2D eigenvalue weighted by atomic mass is 19.1. The molecule has 0 atom stereocenters. The Kier molecular flexibility index (Phi) is 4.12. The molecule has 1 heterocycles. The minimum atomic E-state index is -0.587. The number of benzene rings is 3. The lowest BCUT2D eigenvalue weighted by Gasteiger charge is -2.10. The fourth-order valence-electron chi connectivity index (χ4n) is 3.40. The van der Waals surface area contributed by atoms with Gasteiger partial charge in [-0.1, -0.05) is 6.07 Å². The van der Waals surface area contributed by atoms with Crippen molar-refractivity contribution in [3.05, 3.63) is 82.9 Å². The second-order valence-electron chi connectivity index (χ2n) is 6.31. The molecule has 3 aromatic carbocycles. The zero-order valence-corrected chi connectivity index (χ0v) is 14.2.